The van der Waals surface area contributed by atoms with Crippen LogP contribution >= 0.6 is 0 Å². The van der Waals surface area contributed by atoms with E-state index in [-0.39, 0.29) is 12.3 Å². The second-order valence-corrected chi connectivity index (χ2v) is 4.47. The summed E-state index contributed by atoms with van der Waals surface area (Å²) in [5.74, 6) is 0. The third kappa shape index (κ3) is 3.33. The summed E-state index contributed by atoms with van der Waals surface area (Å²) in [5, 5.41) is 26.9. The third-order valence-corrected chi connectivity index (χ3v) is 2.85. The van der Waals surface area contributed by atoms with Gasteiger partial charge in [0.25, 0.3) is 5.69 Å². The Morgan fingerprint density at radius 1 is 1.50 bits per heavy atom. The van der Waals surface area contributed by atoms with E-state index in [1.54, 1.807) is 29.2 Å². The Labute approximate surface area is 116 Å². The first kappa shape index (κ1) is 14.0. The molecule has 7 nitrogen and oxygen atoms in total. The van der Waals surface area contributed by atoms with Gasteiger partial charge < -0.3 is 10.4 Å². The van der Waals surface area contributed by atoms with Gasteiger partial charge in [-0.05, 0) is 18.6 Å². The minimum absolute atomic E-state index is 0.0257. The predicted octanol–water partition coefficient (Wildman–Crippen LogP) is 1.70. The van der Waals surface area contributed by atoms with Gasteiger partial charge in [-0.3, -0.25) is 14.8 Å². The molecule has 0 unspecified atom stereocenters. The highest BCUT2D eigenvalue weighted by atomic mass is 16.6. The zero-order valence-electron chi connectivity index (χ0n) is 11.1. The molecular weight excluding hydrogens is 260 g/mol. The van der Waals surface area contributed by atoms with Crippen molar-refractivity contribution < 1.29 is 10.0 Å². The van der Waals surface area contributed by atoms with Gasteiger partial charge in [-0.1, -0.05) is 6.07 Å². The molecular formula is C13H16N4O3. The Kier molecular flexibility index (Phi) is 4.31. The number of nitrogens with zero attached hydrogens (tertiary/aromatic N) is 3. The first-order valence-corrected chi connectivity index (χ1v) is 6.21. The van der Waals surface area contributed by atoms with Crippen LogP contribution in [0.15, 0.2) is 30.6 Å². The molecule has 0 radical (unpaired) electrons. The Balaban J connectivity index is 2.09. The van der Waals surface area contributed by atoms with E-state index in [1.807, 2.05) is 6.92 Å². The summed E-state index contributed by atoms with van der Waals surface area (Å²) in [6.07, 6.45) is 3.47. The molecule has 1 aromatic heterocycles. The minimum atomic E-state index is -0.406. The van der Waals surface area contributed by atoms with E-state index in [0.29, 0.717) is 18.8 Å². The zero-order chi connectivity index (χ0) is 14.5. The molecule has 0 aliphatic rings. The van der Waals surface area contributed by atoms with Crippen LogP contribution in [-0.2, 0) is 13.1 Å². The zero-order valence-corrected chi connectivity index (χ0v) is 11.1. The Bertz CT molecular complexity index is 609. The largest absolute Gasteiger partial charge is 0.394 e. The smallest absolute Gasteiger partial charge is 0.292 e. The van der Waals surface area contributed by atoms with Gasteiger partial charge in [0.1, 0.15) is 5.69 Å². The standard InChI is InChI=1S/C13H16N4O3/c1-10-2-3-13(17(19)20)12(6-10)14-7-11-8-15-16(9-11)4-5-18/h2-3,6,8-9,14,18H,4-5,7H2,1H3. The van der Waals surface area contributed by atoms with Crippen molar-refractivity contribution in [3.8, 4) is 0 Å². The van der Waals surface area contributed by atoms with Gasteiger partial charge in [0.2, 0.25) is 0 Å². The lowest BCUT2D eigenvalue weighted by molar-refractivity contribution is -0.384. The molecule has 0 saturated heterocycles. The number of rotatable bonds is 6. The van der Waals surface area contributed by atoms with E-state index in [0.717, 1.165) is 11.1 Å². The monoisotopic (exact) mass is 276 g/mol. The molecule has 2 rings (SSSR count). The number of nitro groups is 1. The fourth-order valence-electron chi connectivity index (χ4n) is 1.87. The number of benzene rings is 1. The van der Waals surface area contributed by atoms with Crippen LogP contribution in [-0.4, -0.2) is 26.4 Å². The van der Waals surface area contributed by atoms with Crippen molar-refractivity contribution in [1.82, 2.24) is 9.78 Å². The molecule has 0 saturated carbocycles. The first-order valence-electron chi connectivity index (χ1n) is 6.21. The maximum Gasteiger partial charge on any atom is 0.292 e. The topological polar surface area (TPSA) is 93.2 Å². The Hall–Kier alpha value is -2.41. The number of aromatic nitrogens is 2. The Morgan fingerprint density at radius 3 is 3.00 bits per heavy atom. The number of anilines is 1. The van der Waals surface area contributed by atoms with E-state index < -0.39 is 4.92 Å². The fraction of sp³-hybridized carbons (Fsp3) is 0.308. The molecule has 106 valence electrons. The highest BCUT2D eigenvalue weighted by Gasteiger charge is 2.13. The van der Waals surface area contributed by atoms with E-state index in [4.69, 9.17) is 5.11 Å². The number of aryl methyl sites for hydroxylation is 1. The van der Waals surface area contributed by atoms with Crippen molar-refractivity contribution in [2.24, 2.45) is 0 Å². The van der Waals surface area contributed by atoms with Gasteiger partial charge in [-0.15, -0.1) is 0 Å². The molecule has 2 aromatic rings. The highest BCUT2D eigenvalue weighted by Crippen LogP contribution is 2.25. The maximum atomic E-state index is 11.0. The number of nitrogens with one attached hydrogen (secondary N) is 1. The average molecular weight is 276 g/mol. The first-order chi connectivity index (χ1) is 9.60. The maximum absolute atomic E-state index is 11.0. The van der Waals surface area contributed by atoms with Gasteiger partial charge in [-0.25, -0.2) is 0 Å². The summed E-state index contributed by atoms with van der Waals surface area (Å²) in [6.45, 7) is 2.78. The molecule has 2 N–H and O–H groups in total. The molecule has 0 aliphatic carbocycles. The van der Waals surface area contributed by atoms with E-state index >= 15 is 0 Å². The molecule has 0 fully saturated rings. The normalized spacial score (nSPS) is 10.5. The summed E-state index contributed by atoms with van der Waals surface area (Å²) in [5.41, 5.74) is 2.39. The molecule has 0 amide bonds. The minimum Gasteiger partial charge on any atom is -0.394 e. The molecule has 0 atom stereocenters. The van der Waals surface area contributed by atoms with Crippen LogP contribution in [0.1, 0.15) is 11.1 Å². The van der Waals surface area contributed by atoms with Crippen LogP contribution in [0, 0.1) is 17.0 Å². The van der Waals surface area contributed by atoms with Crippen molar-refractivity contribution in [1.29, 1.82) is 0 Å². The lowest BCUT2D eigenvalue weighted by Crippen LogP contribution is -2.03. The number of aliphatic hydroxyl groups is 1. The van der Waals surface area contributed by atoms with E-state index in [1.165, 1.54) is 6.07 Å². The van der Waals surface area contributed by atoms with Crippen LogP contribution in [0.3, 0.4) is 0 Å². The molecule has 7 heteroatoms. The van der Waals surface area contributed by atoms with E-state index in [2.05, 4.69) is 10.4 Å². The van der Waals surface area contributed by atoms with Crippen molar-refractivity contribution in [2.45, 2.75) is 20.0 Å². The molecule has 20 heavy (non-hydrogen) atoms. The SMILES string of the molecule is Cc1ccc([N+](=O)[O-])c(NCc2cnn(CCO)c2)c1. The number of hydrogen-bond donors (Lipinski definition) is 2. The highest BCUT2D eigenvalue weighted by molar-refractivity contribution is 5.62. The second kappa shape index (κ2) is 6.16. The second-order valence-electron chi connectivity index (χ2n) is 4.47. The summed E-state index contributed by atoms with van der Waals surface area (Å²) < 4.78 is 1.63. The van der Waals surface area contributed by atoms with Crippen LogP contribution in [0.5, 0.6) is 0 Å². The quantitative estimate of drug-likeness (QED) is 0.618. The lowest BCUT2D eigenvalue weighted by atomic mass is 10.2. The van der Waals surface area contributed by atoms with Crippen LogP contribution in [0.4, 0.5) is 11.4 Å². The van der Waals surface area contributed by atoms with Crippen LogP contribution in [0.2, 0.25) is 0 Å². The molecule has 1 heterocycles. The third-order valence-electron chi connectivity index (χ3n) is 2.85. The van der Waals surface area contributed by atoms with Gasteiger partial charge in [-0.2, -0.15) is 5.10 Å². The van der Waals surface area contributed by atoms with Gasteiger partial charge in [0.05, 0.1) is 24.3 Å². The number of nitro benzene ring substituents is 1. The predicted molar refractivity (Wildman–Crippen MR) is 74.5 cm³/mol. The number of aliphatic hydroxyl groups excluding tert-OH is 1. The fourth-order valence-corrected chi connectivity index (χ4v) is 1.87. The number of hydrogen-bond acceptors (Lipinski definition) is 5. The molecule has 0 spiro atoms. The lowest BCUT2D eigenvalue weighted by Gasteiger charge is -2.06. The average Bonchev–Trinajstić information content (AvgIpc) is 2.84. The molecule has 0 aliphatic heterocycles. The summed E-state index contributed by atoms with van der Waals surface area (Å²) >= 11 is 0. The van der Waals surface area contributed by atoms with E-state index in [9.17, 15) is 10.1 Å². The summed E-state index contributed by atoms with van der Waals surface area (Å²) in [6, 6.07) is 4.95. The molecule has 0 bridgehead atoms. The van der Waals surface area contributed by atoms with Crippen molar-refractivity contribution in [2.75, 3.05) is 11.9 Å². The van der Waals surface area contributed by atoms with Gasteiger partial charge in [0, 0.05) is 24.4 Å². The van der Waals surface area contributed by atoms with Crippen molar-refractivity contribution >= 4 is 11.4 Å². The van der Waals surface area contributed by atoms with Crippen LogP contribution < -0.4 is 5.32 Å². The summed E-state index contributed by atoms with van der Waals surface area (Å²) in [4.78, 5) is 10.5. The van der Waals surface area contributed by atoms with Crippen molar-refractivity contribution in [3.63, 3.8) is 0 Å². The Morgan fingerprint density at radius 2 is 2.30 bits per heavy atom. The van der Waals surface area contributed by atoms with Crippen molar-refractivity contribution in [3.05, 3.63) is 51.8 Å². The summed E-state index contributed by atoms with van der Waals surface area (Å²) in [7, 11) is 0. The van der Waals surface area contributed by atoms with Crippen LogP contribution in [0.25, 0.3) is 0 Å². The van der Waals surface area contributed by atoms with Gasteiger partial charge >= 0.3 is 0 Å². The molecule has 1 aromatic carbocycles. The van der Waals surface area contributed by atoms with Gasteiger partial charge in [0.15, 0.2) is 0 Å².